The third kappa shape index (κ3) is 24.2. The van der Waals surface area contributed by atoms with Gasteiger partial charge >= 0.3 is 24.7 Å². The molecule has 0 aromatic heterocycles. The quantitative estimate of drug-likeness (QED) is 0.160. The number of ether oxygens (including phenoxy) is 2. The van der Waals surface area contributed by atoms with Crippen molar-refractivity contribution < 1.29 is 62.2 Å². The highest BCUT2D eigenvalue weighted by atomic mass is 19.4. The van der Waals surface area contributed by atoms with Crippen molar-refractivity contribution in [1.29, 1.82) is 0 Å². The molecule has 0 N–H and O–H groups in total. The molecule has 0 aliphatic heterocycles. The van der Waals surface area contributed by atoms with Crippen molar-refractivity contribution in [2.45, 2.75) is 188 Å². The minimum atomic E-state index is -4.24. The van der Waals surface area contributed by atoms with Crippen molar-refractivity contribution in [2.24, 2.45) is 0 Å². The summed E-state index contributed by atoms with van der Waals surface area (Å²) in [6.45, 7) is 40.6. The maximum Gasteiger partial charge on any atom is 0.416 e. The minimum absolute atomic E-state index is 0.310. The predicted octanol–water partition coefficient (Wildman–Crippen LogP) is 23.9. The molecule has 0 heterocycles. The summed E-state index contributed by atoms with van der Waals surface area (Å²) in [5.74, 6) is 3.61. The second-order valence-corrected chi connectivity index (χ2v) is 22.6. The van der Waals surface area contributed by atoms with E-state index in [0.29, 0.717) is 67.8 Å². The van der Waals surface area contributed by atoms with E-state index in [1.807, 2.05) is 0 Å². The number of aryl methyl sites for hydroxylation is 9. The van der Waals surface area contributed by atoms with Crippen molar-refractivity contribution in [2.75, 3.05) is 14.2 Å². The highest BCUT2D eigenvalue weighted by Crippen LogP contribution is 2.37. The first-order chi connectivity index (χ1) is 39.3. The average molecular weight is 1220 g/mol. The second-order valence-electron chi connectivity index (χ2n) is 22.6. The van der Waals surface area contributed by atoms with Gasteiger partial charge in [0.1, 0.15) is 11.5 Å². The molecule has 0 saturated carbocycles. The van der Waals surface area contributed by atoms with Gasteiger partial charge < -0.3 is 9.47 Å². The van der Waals surface area contributed by atoms with Gasteiger partial charge in [-0.05, 0) is 259 Å². The molecule has 0 saturated heterocycles. The molecule has 7 rings (SSSR count). The normalized spacial score (nSPS) is 11.3. The van der Waals surface area contributed by atoms with Gasteiger partial charge in [0.2, 0.25) is 0 Å². The molecule has 7 aromatic rings. The zero-order valence-corrected chi connectivity index (χ0v) is 54.5. The van der Waals surface area contributed by atoms with E-state index in [2.05, 4.69) is 126 Å². The standard InChI is InChI=1S/C14H22O.C12H18O.C10H11F3.3C9H9F3.C9H12/c1-9(2)13-7-12(15-6)8-14(10(3)4)11(13)5;1-8(2)12-7-11(13-5)6-9(3)10(12)4;1-6-4-7(2)8(3)9(5-6)10(11,12)13;3*1-6-4-3-5-8(7(6)2)9(10,11)12;1-7-4-5-8(2)9(3)6-7/h7-10H,1-6H3;6-8H,1-5H3;4-5H,1-3H3;3*3-5H,1-2H3;4-6H,1-3H3. The zero-order valence-electron chi connectivity index (χ0n) is 54.5. The van der Waals surface area contributed by atoms with Crippen LogP contribution in [0.3, 0.4) is 0 Å². The Morgan fingerprint density at radius 3 is 0.837 bits per heavy atom. The molecule has 0 radical (unpaired) electrons. The van der Waals surface area contributed by atoms with Gasteiger partial charge in [-0.1, -0.05) is 113 Å². The van der Waals surface area contributed by atoms with Gasteiger partial charge in [0.05, 0.1) is 36.5 Å². The van der Waals surface area contributed by atoms with Crippen LogP contribution in [0.1, 0.15) is 182 Å². The van der Waals surface area contributed by atoms with E-state index in [4.69, 9.17) is 9.47 Å². The van der Waals surface area contributed by atoms with Crippen molar-refractivity contribution in [3.63, 3.8) is 0 Å². The van der Waals surface area contributed by atoms with Crippen LogP contribution in [0.25, 0.3) is 0 Å². The molecule has 0 fully saturated rings. The lowest BCUT2D eigenvalue weighted by Gasteiger charge is -2.18. The fraction of sp³-hybridized carbons (Fsp3) is 0.417. The van der Waals surface area contributed by atoms with Crippen molar-refractivity contribution >= 4 is 0 Å². The van der Waals surface area contributed by atoms with E-state index in [1.165, 1.54) is 102 Å². The number of alkyl halides is 12. The summed E-state index contributed by atoms with van der Waals surface area (Å²) >= 11 is 0. The second kappa shape index (κ2) is 33.4. The van der Waals surface area contributed by atoms with Gasteiger partial charge in [-0.15, -0.1) is 0 Å². The third-order valence-corrected chi connectivity index (χ3v) is 15.0. The van der Waals surface area contributed by atoms with Crippen LogP contribution >= 0.6 is 0 Å². The SMILES string of the molecule is COc1cc(C(C)C)c(C)c(C(C)C)c1.COc1cc(C)c(C)c(C(C)C)c1.Cc1cc(C)c(C)c(C(F)(F)F)c1.Cc1ccc(C)c(C)c1.Cc1cccc(C(F)(F)F)c1C.Cc1cccc(C(F)(F)F)c1C.Cc1cccc(C(F)(F)F)c1C. The summed E-state index contributed by atoms with van der Waals surface area (Å²) < 4.78 is 158. The van der Waals surface area contributed by atoms with Gasteiger partial charge in [0.15, 0.2) is 0 Å². The molecule has 7 aromatic carbocycles. The van der Waals surface area contributed by atoms with Crippen LogP contribution in [-0.4, -0.2) is 14.2 Å². The van der Waals surface area contributed by atoms with E-state index < -0.39 is 47.0 Å². The Bertz CT molecular complexity index is 3090. The maximum atomic E-state index is 12.4. The number of methoxy groups -OCH3 is 2. The molecule has 14 heteroatoms. The molecule has 86 heavy (non-hydrogen) atoms. The monoisotopic (exact) mass is 1210 g/mol. The first-order valence-electron chi connectivity index (χ1n) is 28.3. The lowest BCUT2D eigenvalue weighted by Crippen LogP contribution is -2.08. The molecule has 0 aliphatic carbocycles. The molecule has 0 aliphatic rings. The Kier molecular flexibility index (Phi) is 30.1. The Hall–Kier alpha value is -6.70. The molecule has 0 unspecified atom stereocenters. The summed E-state index contributed by atoms with van der Waals surface area (Å²) in [4.78, 5) is 0. The number of benzene rings is 7. The molecule has 474 valence electrons. The van der Waals surface area contributed by atoms with Crippen molar-refractivity contribution in [3.8, 4) is 11.5 Å². The van der Waals surface area contributed by atoms with Gasteiger partial charge in [-0.25, -0.2) is 0 Å². The van der Waals surface area contributed by atoms with Crippen LogP contribution in [0.15, 0.2) is 109 Å². The van der Waals surface area contributed by atoms with Crippen LogP contribution in [0, 0.1) is 104 Å². The molecule has 0 atom stereocenters. The fourth-order valence-electron chi connectivity index (χ4n) is 9.02. The third-order valence-electron chi connectivity index (χ3n) is 15.0. The largest absolute Gasteiger partial charge is 0.497 e. The summed E-state index contributed by atoms with van der Waals surface area (Å²) in [6, 6.07) is 30.6. The van der Waals surface area contributed by atoms with E-state index >= 15 is 0 Å². The van der Waals surface area contributed by atoms with Crippen LogP contribution in [-0.2, 0) is 24.7 Å². The summed E-state index contributed by atoms with van der Waals surface area (Å²) in [5, 5.41) is 0. The Balaban J connectivity index is 0.000000503. The highest BCUT2D eigenvalue weighted by molar-refractivity contribution is 5.45. The van der Waals surface area contributed by atoms with Gasteiger partial charge in [0, 0.05) is 0 Å². The number of hydrogen-bond donors (Lipinski definition) is 0. The van der Waals surface area contributed by atoms with Crippen LogP contribution in [0.4, 0.5) is 52.7 Å². The molecule has 0 amide bonds. The van der Waals surface area contributed by atoms with E-state index in [-0.39, 0.29) is 0 Å². The first kappa shape index (κ1) is 77.3. The van der Waals surface area contributed by atoms with Crippen LogP contribution in [0.2, 0.25) is 0 Å². The molecular weight excluding hydrogens is 1120 g/mol. The fourth-order valence-corrected chi connectivity index (χ4v) is 9.02. The Morgan fingerprint density at radius 2 is 0.558 bits per heavy atom. The average Bonchev–Trinajstić information content (AvgIpc) is 3.61. The van der Waals surface area contributed by atoms with Gasteiger partial charge in [-0.2, -0.15) is 52.7 Å². The summed E-state index contributed by atoms with van der Waals surface area (Å²) in [5.41, 5.74) is 14.9. The molecule has 2 nitrogen and oxygen atoms in total. The van der Waals surface area contributed by atoms with E-state index in [9.17, 15) is 52.7 Å². The molecular formula is C72H90F12O2. The maximum absolute atomic E-state index is 12.4. The smallest absolute Gasteiger partial charge is 0.416 e. The topological polar surface area (TPSA) is 18.5 Å². The van der Waals surface area contributed by atoms with Crippen molar-refractivity contribution in [1.82, 2.24) is 0 Å². The Labute approximate surface area is 505 Å². The first-order valence-corrected chi connectivity index (χ1v) is 28.3. The summed E-state index contributed by atoms with van der Waals surface area (Å²) in [7, 11) is 3.45. The lowest BCUT2D eigenvalue weighted by atomic mass is 9.89. The minimum Gasteiger partial charge on any atom is -0.497 e. The number of halogens is 12. The number of hydrogen-bond acceptors (Lipinski definition) is 2. The Morgan fingerprint density at radius 1 is 0.267 bits per heavy atom. The number of rotatable bonds is 5. The van der Waals surface area contributed by atoms with Gasteiger partial charge in [-0.3, -0.25) is 0 Å². The molecule has 0 spiro atoms. The van der Waals surface area contributed by atoms with Crippen LogP contribution < -0.4 is 9.47 Å². The zero-order chi connectivity index (χ0) is 66.7. The summed E-state index contributed by atoms with van der Waals surface area (Å²) in [6.07, 6.45) is -16.9. The lowest BCUT2D eigenvalue weighted by molar-refractivity contribution is -0.138. The van der Waals surface area contributed by atoms with Crippen LogP contribution in [0.5, 0.6) is 11.5 Å². The van der Waals surface area contributed by atoms with Crippen molar-refractivity contribution in [3.05, 3.63) is 232 Å². The van der Waals surface area contributed by atoms with Gasteiger partial charge in [0.25, 0.3) is 0 Å². The van der Waals surface area contributed by atoms with E-state index in [0.717, 1.165) is 29.7 Å². The predicted molar refractivity (Wildman–Crippen MR) is 332 cm³/mol. The molecule has 0 bridgehead atoms. The highest BCUT2D eigenvalue weighted by Gasteiger charge is 2.35. The van der Waals surface area contributed by atoms with E-state index in [1.54, 1.807) is 73.1 Å².